The van der Waals surface area contributed by atoms with Gasteiger partial charge in [0.2, 0.25) is 5.78 Å². The van der Waals surface area contributed by atoms with E-state index in [0.717, 1.165) is 11.3 Å². The number of aromatic nitrogens is 2. The van der Waals surface area contributed by atoms with Crippen molar-refractivity contribution in [3.63, 3.8) is 0 Å². The quantitative estimate of drug-likeness (QED) is 0.210. The van der Waals surface area contributed by atoms with Crippen molar-refractivity contribution in [2.45, 2.75) is 6.92 Å². The number of nitrogens with zero attached hydrogens (tertiary/aromatic N) is 1. The van der Waals surface area contributed by atoms with Gasteiger partial charge >= 0.3 is 5.97 Å². The lowest BCUT2D eigenvalue weighted by Crippen LogP contribution is -2.21. The van der Waals surface area contributed by atoms with Gasteiger partial charge in [-0.3, -0.25) is 9.59 Å². The Balaban J connectivity index is 1.68. The molecule has 6 nitrogen and oxygen atoms in total. The molecule has 5 rings (SSSR count). The third-order valence-corrected chi connectivity index (χ3v) is 6.71. The number of ether oxygens (including phenoxy) is 1. The zero-order chi connectivity index (χ0) is 25.2. The molecule has 0 fully saturated rings. The zero-order valence-corrected chi connectivity index (χ0v) is 20.7. The Morgan fingerprint density at radius 3 is 2.53 bits per heavy atom. The van der Waals surface area contributed by atoms with Crippen LogP contribution in [-0.4, -0.2) is 28.3 Å². The van der Waals surface area contributed by atoms with Crippen molar-refractivity contribution in [3.05, 3.63) is 110 Å². The Morgan fingerprint density at radius 1 is 1.00 bits per heavy atom. The van der Waals surface area contributed by atoms with Gasteiger partial charge in [-0.1, -0.05) is 54.1 Å². The summed E-state index contributed by atoms with van der Waals surface area (Å²) >= 11 is 7.49. The van der Waals surface area contributed by atoms with Gasteiger partial charge in [0.1, 0.15) is 5.56 Å². The summed E-state index contributed by atoms with van der Waals surface area (Å²) in [6, 6.07) is 21.4. The molecular weight excluding hydrogens is 496 g/mol. The van der Waals surface area contributed by atoms with Crippen LogP contribution in [0.2, 0.25) is 5.02 Å². The lowest BCUT2D eigenvalue weighted by molar-refractivity contribution is 0.0525. The van der Waals surface area contributed by atoms with Crippen LogP contribution in [-0.2, 0) is 4.74 Å². The summed E-state index contributed by atoms with van der Waals surface area (Å²) in [5, 5.41) is 3.15. The molecule has 8 heteroatoms. The lowest BCUT2D eigenvalue weighted by Gasteiger charge is -2.13. The van der Waals surface area contributed by atoms with E-state index in [1.165, 1.54) is 11.3 Å². The van der Waals surface area contributed by atoms with Crippen molar-refractivity contribution in [3.8, 4) is 22.4 Å². The third kappa shape index (κ3) is 4.46. The molecule has 36 heavy (non-hydrogen) atoms. The second kappa shape index (κ2) is 9.89. The van der Waals surface area contributed by atoms with Gasteiger partial charge in [-0.2, -0.15) is 0 Å². The molecule has 0 unspecified atom stereocenters. The Hall–Kier alpha value is -4.07. The van der Waals surface area contributed by atoms with E-state index in [9.17, 15) is 14.4 Å². The van der Waals surface area contributed by atoms with Crippen LogP contribution in [0.4, 0.5) is 0 Å². The van der Waals surface area contributed by atoms with Crippen molar-refractivity contribution < 1.29 is 14.3 Å². The fourth-order valence-electron chi connectivity index (χ4n) is 4.02. The highest BCUT2D eigenvalue weighted by atomic mass is 35.5. The number of carbonyl (C=O) groups is 2. The predicted molar refractivity (Wildman–Crippen MR) is 142 cm³/mol. The number of carbonyl (C=O) groups excluding carboxylic acids is 2. The van der Waals surface area contributed by atoms with E-state index in [1.807, 2.05) is 35.7 Å². The van der Waals surface area contributed by atoms with Crippen LogP contribution in [0, 0.1) is 0 Å². The predicted octanol–water partition coefficient (Wildman–Crippen LogP) is 6.38. The summed E-state index contributed by atoms with van der Waals surface area (Å²) in [5.41, 5.74) is 2.69. The number of fused-ring (bicyclic) bond motifs is 1. The fourth-order valence-corrected chi connectivity index (χ4v) is 5.00. The molecule has 0 atom stereocenters. The van der Waals surface area contributed by atoms with Crippen molar-refractivity contribution in [2.75, 3.05) is 6.61 Å². The molecule has 0 amide bonds. The van der Waals surface area contributed by atoms with Gasteiger partial charge in [0.05, 0.1) is 12.3 Å². The fraction of sp³-hybridized carbons (Fsp3) is 0.0714. The maximum atomic E-state index is 13.4. The van der Waals surface area contributed by atoms with Gasteiger partial charge in [0.25, 0.3) is 5.56 Å². The number of ketones is 1. The molecule has 1 N–H and O–H groups in total. The number of esters is 1. The average Bonchev–Trinajstić information content (AvgIpc) is 3.38. The topological polar surface area (TPSA) is 89.1 Å². The van der Waals surface area contributed by atoms with Crippen LogP contribution in [0.1, 0.15) is 32.6 Å². The first-order chi connectivity index (χ1) is 17.5. The Kier molecular flexibility index (Phi) is 6.50. The molecule has 3 aromatic carbocycles. The smallest absolute Gasteiger partial charge is 0.344 e. The molecule has 2 aromatic heterocycles. The van der Waals surface area contributed by atoms with Crippen LogP contribution < -0.4 is 5.56 Å². The first-order valence-corrected chi connectivity index (χ1v) is 12.4. The van der Waals surface area contributed by atoms with Gasteiger partial charge in [-0.05, 0) is 42.8 Å². The monoisotopic (exact) mass is 514 g/mol. The minimum Gasteiger partial charge on any atom is -0.462 e. The van der Waals surface area contributed by atoms with Gasteiger partial charge in [0.15, 0.2) is 5.01 Å². The number of halogens is 1. The average molecular weight is 515 g/mol. The summed E-state index contributed by atoms with van der Waals surface area (Å²) in [5.74, 6) is -1.01. The number of nitrogens with one attached hydrogen (secondary N) is 1. The Bertz CT molecular complexity index is 1670. The van der Waals surface area contributed by atoms with E-state index in [1.54, 1.807) is 49.4 Å². The summed E-state index contributed by atoms with van der Waals surface area (Å²) in [6.45, 7) is 1.78. The SMILES string of the molecule is CCOC(=O)c1c(-c2cccc(Cl)c2)c2cc(C(=O)c3nc(-c4ccccc4)cs3)ccc2[nH]c1=O. The number of hydrogen-bond donors (Lipinski definition) is 1. The van der Waals surface area contributed by atoms with Crippen molar-refractivity contribution in [1.82, 2.24) is 9.97 Å². The molecule has 0 radical (unpaired) electrons. The minimum atomic E-state index is -0.750. The van der Waals surface area contributed by atoms with E-state index in [2.05, 4.69) is 9.97 Å². The van der Waals surface area contributed by atoms with Crippen molar-refractivity contribution in [2.24, 2.45) is 0 Å². The van der Waals surface area contributed by atoms with Crippen LogP contribution in [0.5, 0.6) is 0 Å². The number of rotatable bonds is 6. The van der Waals surface area contributed by atoms with Crippen LogP contribution in [0.3, 0.4) is 0 Å². The molecule has 0 aliphatic heterocycles. The minimum absolute atomic E-state index is 0.109. The summed E-state index contributed by atoms with van der Waals surface area (Å²) in [6.07, 6.45) is 0. The maximum absolute atomic E-state index is 13.4. The highest BCUT2D eigenvalue weighted by Crippen LogP contribution is 2.33. The molecule has 5 aromatic rings. The molecule has 178 valence electrons. The van der Waals surface area contributed by atoms with Crippen LogP contribution in [0.25, 0.3) is 33.3 Å². The van der Waals surface area contributed by atoms with Gasteiger partial charge in [0, 0.05) is 38.0 Å². The summed E-state index contributed by atoms with van der Waals surface area (Å²) in [7, 11) is 0. The molecular formula is C28H19ClN2O4S. The maximum Gasteiger partial charge on any atom is 0.344 e. The van der Waals surface area contributed by atoms with E-state index >= 15 is 0 Å². The highest BCUT2D eigenvalue weighted by molar-refractivity contribution is 7.12. The van der Waals surface area contributed by atoms with Crippen LogP contribution >= 0.6 is 22.9 Å². The number of aromatic amines is 1. The van der Waals surface area contributed by atoms with Gasteiger partial charge < -0.3 is 9.72 Å². The van der Waals surface area contributed by atoms with E-state index in [-0.39, 0.29) is 18.0 Å². The first-order valence-electron chi connectivity index (χ1n) is 11.1. The highest BCUT2D eigenvalue weighted by Gasteiger charge is 2.23. The van der Waals surface area contributed by atoms with E-state index < -0.39 is 11.5 Å². The van der Waals surface area contributed by atoms with Gasteiger partial charge in [-0.15, -0.1) is 11.3 Å². The Labute approximate surface area is 215 Å². The summed E-state index contributed by atoms with van der Waals surface area (Å²) < 4.78 is 5.17. The number of thiazole rings is 1. The lowest BCUT2D eigenvalue weighted by atomic mass is 9.94. The third-order valence-electron chi connectivity index (χ3n) is 5.64. The standard InChI is InChI=1S/C28H19ClN2O4S/c1-2-35-28(34)24-23(17-9-6-10-19(29)13-17)20-14-18(11-12-21(20)30-26(24)33)25(32)27-31-22(15-36-27)16-7-4-3-5-8-16/h3-15H,2H2,1H3,(H,30,33). The second-order valence-electron chi connectivity index (χ2n) is 7.93. The molecule has 0 aliphatic carbocycles. The number of pyridine rings is 1. The van der Waals surface area contributed by atoms with Crippen LogP contribution in [0.15, 0.2) is 83.0 Å². The largest absolute Gasteiger partial charge is 0.462 e. The normalized spacial score (nSPS) is 10.9. The molecule has 2 heterocycles. The molecule has 0 bridgehead atoms. The van der Waals surface area contributed by atoms with Gasteiger partial charge in [-0.25, -0.2) is 9.78 Å². The van der Waals surface area contributed by atoms with Crippen molar-refractivity contribution >= 4 is 45.6 Å². The molecule has 0 saturated carbocycles. The zero-order valence-electron chi connectivity index (χ0n) is 19.1. The molecule has 0 spiro atoms. The number of H-pyrrole nitrogens is 1. The molecule has 0 saturated heterocycles. The summed E-state index contributed by atoms with van der Waals surface area (Å²) in [4.78, 5) is 46.4. The number of benzene rings is 3. The first kappa shape index (κ1) is 23.7. The van der Waals surface area contributed by atoms with E-state index in [0.29, 0.717) is 37.6 Å². The van der Waals surface area contributed by atoms with Crippen molar-refractivity contribution in [1.29, 1.82) is 0 Å². The molecule has 0 aliphatic rings. The second-order valence-corrected chi connectivity index (χ2v) is 9.22. The Morgan fingerprint density at radius 2 is 1.78 bits per heavy atom. The van der Waals surface area contributed by atoms with E-state index in [4.69, 9.17) is 16.3 Å². The number of hydrogen-bond acceptors (Lipinski definition) is 6.